The Labute approximate surface area is 145 Å². The predicted octanol–water partition coefficient (Wildman–Crippen LogP) is 2.15. The van der Waals surface area contributed by atoms with Gasteiger partial charge < -0.3 is 15.2 Å². The third-order valence-corrected chi connectivity index (χ3v) is 4.39. The van der Waals surface area contributed by atoms with Gasteiger partial charge in [-0.2, -0.15) is 13.2 Å². The van der Waals surface area contributed by atoms with E-state index in [1.54, 1.807) is 18.5 Å². The average molecular weight is 364 g/mol. The molecule has 0 radical (unpaired) electrons. The highest BCUT2D eigenvalue weighted by Gasteiger charge is 2.33. The molecule has 1 atom stereocenters. The predicted molar refractivity (Wildman–Crippen MR) is 88.6 cm³/mol. The monoisotopic (exact) mass is 364 g/mol. The van der Waals surface area contributed by atoms with Crippen LogP contribution in [0.3, 0.4) is 0 Å². The molecule has 0 bridgehead atoms. The number of aromatic amines is 1. The lowest BCUT2D eigenvalue weighted by atomic mass is 10.2. The highest BCUT2D eigenvalue weighted by Crippen LogP contribution is 2.31. The van der Waals surface area contributed by atoms with Crippen LogP contribution in [0, 0.1) is 0 Å². The molecular formula is C16H15F3N6O. The Bertz CT molecular complexity index is 969. The number of nitrogens with zero attached hydrogens (tertiary/aromatic N) is 4. The number of hydrogen-bond acceptors (Lipinski definition) is 5. The summed E-state index contributed by atoms with van der Waals surface area (Å²) in [5.74, 6) is -0.206. The summed E-state index contributed by atoms with van der Waals surface area (Å²) < 4.78 is 37.0. The molecule has 4 rings (SSSR count). The Hall–Kier alpha value is -2.91. The SMILES string of the molecule is O=C(CC(F)(F)F)NC1CCN(c2[nH]ccc3nnc4nccc4c23)C1. The second-order valence-electron chi connectivity index (χ2n) is 6.26. The summed E-state index contributed by atoms with van der Waals surface area (Å²) in [6.07, 6.45) is -2.00. The first-order chi connectivity index (χ1) is 12.4. The minimum Gasteiger partial charge on any atom is -0.355 e. The van der Waals surface area contributed by atoms with Gasteiger partial charge in [0, 0.05) is 36.9 Å². The molecule has 0 saturated carbocycles. The molecule has 3 aromatic rings. The van der Waals surface area contributed by atoms with Gasteiger partial charge in [-0.25, -0.2) is 4.98 Å². The van der Waals surface area contributed by atoms with E-state index in [0.29, 0.717) is 30.7 Å². The Morgan fingerprint density at radius 2 is 2.19 bits per heavy atom. The highest BCUT2D eigenvalue weighted by molar-refractivity contribution is 6.08. The van der Waals surface area contributed by atoms with Crippen molar-refractivity contribution in [1.29, 1.82) is 0 Å². The molecule has 26 heavy (non-hydrogen) atoms. The van der Waals surface area contributed by atoms with Crippen LogP contribution in [0.4, 0.5) is 19.0 Å². The highest BCUT2D eigenvalue weighted by atomic mass is 19.4. The molecular weight excluding hydrogens is 349 g/mol. The number of halogens is 3. The Balaban J connectivity index is 1.58. The first kappa shape index (κ1) is 16.6. The average Bonchev–Trinajstić information content (AvgIpc) is 3.21. The van der Waals surface area contributed by atoms with Crippen molar-refractivity contribution in [2.75, 3.05) is 18.0 Å². The van der Waals surface area contributed by atoms with E-state index in [4.69, 9.17) is 0 Å². The van der Waals surface area contributed by atoms with Crippen LogP contribution in [-0.4, -0.2) is 51.4 Å². The van der Waals surface area contributed by atoms with E-state index >= 15 is 0 Å². The summed E-state index contributed by atoms with van der Waals surface area (Å²) >= 11 is 0. The van der Waals surface area contributed by atoms with Gasteiger partial charge in [0.15, 0.2) is 5.65 Å². The van der Waals surface area contributed by atoms with E-state index in [2.05, 4.69) is 25.5 Å². The number of carbonyl (C=O) groups is 1. The zero-order chi connectivity index (χ0) is 18.3. The number of hydrogen-bond donors (Lipinski definition) is 2. The topological polar surface area (TPSA) is 86.8 Å². The molecule has 3 aromatic heterocycles. The van der Waals surface area contributed by atoms with E-state index in [9.17, 15) is 18.0 Å². The maximum Gasteiger partial charge on any atom is 0.397 e. The van der Waals surface area contributed by atoms with Crippen molar-refractivity contribution in [2.45, 2.75) is 25.1 Å². The van der Waals surface area contributed by atoms with Crippen molar-refractivity contribution in [2.24, 2.45) is 0 Å². The summed E-state index contributed by atoms with van der Waals surface area (Å²) in [4.78, 5) is 20.9. The van der Waals surface area contributed by atoms with Gasteiger partial charge in [-0.05, 0) is 18.6 Å². The number of carbonyl (C=O) groups excluding carboxylic acids is 1. The summed E-state index contributed by atoms with van der Waals surface area (Å²) in [6.45, 7) is 1.02. The summed E-state index contributed by atoms with van der Waals surface area (Å²) in [7, 11) is 0. The first-order valence-corrected chi connectivity index (χ1v) is 8.10. The zero-order valence-corrected chi connectivity index (χ0v) is 13.5. The number of amides is 1. The first-order valence-electron chi connectivity index (χ1n) is 8.10. The molecule has 0 spiro atoms. The van der Waals surface area contributed by atoms with Gasteiger partial charge in [0.2, 0.25) is 5.91 Å². The van der Waals surface area contributed by atoms with E-state index in [1.807, 2.05) is 11.0 Å². The van der Waals surface area contributed by atoms with Crippen LogP contribution in [0.2, 0.25) is 0 Å². The van der Waals surface area contributed by atoms with Crippen LogP contribution in [0.5, 0.6) is 0 Å². The second kappa shape index (κ2) is 6.11. The molecule has 1 unspecified atom stereocenters. The molecule has 0 aromatic carbocycles. The minimum absolute atomic E-state index is 0.336. The standard InChI is InChI=1S/C16H15F3N6O/c17-16(18,19)7-12(26)22-9-3-6-25(8-9)15-13-10-1-4-20-14(10)24-23-11(13)2-5-21-15/h1-2,4-5,9,21H,3,6-8H2,(H,22,26). The molecule has 1 saturated heterocycles. The van der Waals surface area contributed by atoms with Crippen molar-refractivity contribution < 1.29 is 18.0 Å². The fourth-order valence-electron chi connectivity index (χ4n) is 3.32. The Morgan fingerprint density at radius 3 is 3.00 bits per heavy atom. The normalized spacial score (nSPS) is 18.0. The smallest absolute Gasteiger partial charge is 0.355 e. The lowest BCUT2D eigenvalue weighted by Crippen LogP contribution is -2.39. The van der Waals surface area contributed by atoms with Gasteiger partial charge in [-0.15, -0.1) is 10.2 Å². The molecule has 136 valence electrons. The summed E-state index contributed by atoms with van der Waals surface area (Å²) in [5.41, 5.74) is 1.23. The second-order valence-corrected chi connectivity index (χ2v) is 6.26. The number of anilines is 1. The van der Waals surface area contributed by atoms with E-state index in [-0.39, 0.29) is 6.04 Å². The van der Waals surface area contributed by atoms with E-state index in [1.165, 1.54) is 0 Å². The van der Waals surface area contributed by atoms with Crippen molar-refractivity contribution in [3.8, 4) is 0 Å². The maximum atomic E-state index is 12.3. The molecule has 0 aliphatic carbocycles. The Morgan fingerprint density at radius 1 is 1.35 bits per heavy atom. The van der Waals surface area contributed by atoms with Crippen LogP contribution >= 0.6 is 0 Å². The number of nitrogens with one attached hydrogen (secondary N) is 2. The third kappa shape index (κ3) is 3.14. The molecule has 1 aliphatic rings. The minimum atomic E-state index is -4.50. The van der Waals surface area contributed by atoms with Gasteiger partial charge in [-0.3, -0.25) is 4.79 Å². The molecule has 1 aliphatic heterocycles. The number of alkyl halides is 3. The molecule has 10 heteroatoms. The maximum absolute atomic E-state index is 12.3. The van der Waals surface area contributed by atoms with Crippen LogP contribution < -0.4 is 10.2 Å². The number of rotatable bonds is 3. The van der Waals surface area contributed by atoms with Crippen molar-refractivity contribution in [3.63, 3.8) is 0 Å². The number of H-pyrrole nitrogens is 1. The van der Waals surface area contributed by atoms with Gasteiger partial charge in [0.05, 0.1) is 10.9 Å². The van der Waals surface area contributed by atoms with Gasteiger partial charge in [-0.1, -0.05) is 0 Å². The van der Waals surface area contributed by atoms with Crippen molar-refractivity contribution in [1.82, 2.24) is 25.5 Å². The van der Waals surface area contributed by atoms with Crippen molar-refractivity contribution in [3.05, 3.63) is 24.5 Å². The molecule has 4 heterocycles. The number of aromatic nitrogens is 4. The molecule has 7 nitrogen and oxygen atoms in total. The fourth-order valence-corrected chi connectivity index (χ4v) is 3.32. The quantitative estimate of drug-likeness (QED) is 0.744. The molecule has 1 amide bonds. The Kier molecular flexibility index (Phi) is 3.89. The van der Waals surface area contributed by atoms with Crippen LogP contribution in [0.15, 0.2) is 24.5 Å². The van der Waals surface area contributed by atoms with E-state index in [0.717, 1.165) is 16.6 Å². The molecule has 1 fully saturated rings. The van der Waals surface area contributed by atoms with Crippen LogP contribution in [-0.2, 0) is 4.79 Å². The van der Waals surface area contributed by atoms with E-state index < -0.39 is 18.5 Å². The van der Waals surface area contributed by atoms with Gasteiger partial charge in [0.25, 0.3) is 0 Å². The largest absolute Gasteiger partial charge is 0.397 e. The number of pyridine rings is 1. The number of fused-ring (bicyclic) bond motifs is 3. The van der Waals surface area contributed by atoms with Crippen LogP contribution in [0.25, 0.3) is 21.9 Å². The lowest BCUT2D eigenvalue weighted by Gasteiger charge is -2.20. The fraction of sp³-hybridized carbons (Fsp3) is 0.375. The van der Waals surface area contributed by atoms with Crippen molar-refractivity contribution >= 4 is 33.7 Å². The van der Waals surface area contributed by atoms with Gasteiger partial charge in [0.1, 0.15) is 12.2 Å². The lowest BCUT2D eigenvalue weighted by molar-refractivity contribution is -0.154. The van der Waals surface area contributed by atoms with Crippen LogP contribution in [0.1, 0.15) is 12.8 Å². The zero-order valence-electron chi connectivity index (χ0n) is 13.5. The van der Waals surface area contributed by atoms with Gasteiger partial charge >= 0.3 is 6.18 Å². The summed E-state index contributed by atoms with van der Waals surface area (Å²) in [6, 6.07) is 3.32. The molecule has 2 N–H and O–H groups in total. The third-order valence-electron chi connectivity index (χ3n) is 4.39. The summed E-state index contributed by atoms with van der Waals surface area (Å²) in [5, 5.41) is 12.4.